The molecule has 21 nitrogen and oxygen atoms in total. The Morgan fingerprint density at radius 2 is 1.03 bits per heavy atom. The van der Waals surface area contributed by atoms with Crippen LogP contribution in [0, 0.1) is 0 Å². The average molecular weight is 985 g/mol. The van der Waals surface area contributed by atoms with Crippen molar-refractivity contribution >= 4 is 11.8 Å². The molecule has 4 aliphatic rings. The van der Waals surface area contributed by atoms with E-state index in [9.17, 15) is 60.7 Å². The quantitative estimate of drug-likeness (QED) is 0.0361. The third-order valence-electron chi connectivity index (χ3n) is 13.3. The van der Waals surface area contributed by atoms with Gasteiger partial charge in [-0.1, -0.05) is 84.5 Å². The molecule has 0 saturated carbocycles. The summed E-state index contributed by atoms with van der Waals surface area (Å²) in [5, 5.41) is 109. The number of rotatable bonds is 29. The van der Waals surface area contributed by atoms with E-state index in [1.807, 2.05) is 0 Å². The third-order valence-corrected chi connectivity index (χ3v) is 13.3. The van der Waals surface area contributed by atoms with Crippen molar-refractivity contribution in [2.45, 2.75) is 273 Å². The number of carbonyl (C=O) groups is 2. The number of ether oxygens (including phenoxy) is 9. The molecule has 0 aromatic rings. The fourth-order valence-corrected chi connectivity index (χ4v) is 8.99. The van der Waals surface area contributed by atoms with E-state index in [2.05, 4.69) is 6.92 Å². The first-order chi connectivity index (χ1) is 32.4. The van der Waals surface area contributed by atoms with Gasteiger partial charge >= 0.3 is 5.97 Å². The molecule has 21 heteroatoms. The van der Waals surface area contributed by atoms with E-state index in [0.717, 1.165) is 77.0 Å². The monoisotopic (exact) mass is 985 g/mol. The SMILES string of the molecule is CCCCCCCCCC(CCCCCCCC(C)=O)O[C@@H]1O[C@H](CO)[C@@H](O)[C@H](O)[C@H]1O[C@@H]1O[C@H](CO[C@@H]2O[C@H](C)[C@H](O)[C@H](O)[C@@H]2O)[C@@H](O)[C@H](OC(=O)CCC)[C@H]1O[C@@H]1O[C@@H](C)[C@H](O)[C@@H](O)[C@@H]1O. The molecule has 4 rings (SSSR count). The van der Waals surface area contributed by atoms with E-state index in [4.69, 9.17) is 42.6 Å². The van der Waals surface area contributed by atoms with Gasteiger partial charge in [-0.15, -0.1) is 0 Å². The molecule has 10 N–H and O–H groups in total. The minimum Gasteiger partial charge on any atom is -0.456 e. The van der Waals surface area contributed by atoms with Gasteiger partial charge in [0.25, 0.3) is 0 Å². The Balaban J connectivity index is 1.68. The lowest BCUT2D eigenvalue weighted by atomic mass is 9.96. The van der Waals surface area contributed by atoms with Crippen LogP contribution in [0.25, 0.3) is 0 Å². The Hall–Kier alpha value is -1.58. The summed E-state index contributed by atoms with van der Waals surface area (Å²) in [4.78, 5) is 24.7. The molecule has 0 bridgehead atoms. The van der Waals surface area contributed by atoms with Gasteiger partial charge in [0.05, 0.1) is 31.5 Å². The van der Waals surface area contributed by atoms with Gasteiger partial charge in [-0.3, -0.25) is 4.79 Å². The van der Waals surface area contributed by atoms with Crippen molar-refractivity contribution in [2.24, 2.45) is 0 Å². The smallest absolute Gasteiger partial charge is 0.306 e. The molecular formula is C47H84O21. The lowest BCUT2D eigenvalue weighted by molar-refractivity contribution is -0.397. The van der Waals surface area contributed by atoms with Gasteiger partial charge in [-0.25, -0.2) is 0 Å². The number of Topliss-reactive ketones (excluding diaryl/α,β-unsaturated/α-hetero) is 1. The van der Waals surface area contributed by atoms with Crippen LogP contribution in [-0.2, 0) is 52.2 Å². The highest BCUT2D eigenvalue weighted by molar-refractivity contribution is 5.75. The number of ketones is 1. The van der Waals surface area contributed by atoms with Crippen LogP contribution in [0.5, 0.6) is 0 Å². The molecule has 0 aromatic heterocycles. The number of esters is 1. The predicted molar refractivity (Wildman–Crippen MR) is 238 cm³/mol. The van der Waals surface area contributed by atoms with E-state index in [0.29, 0.717) is 25.7 Å². The summed E-state index contributed by atoms with van der Waals surface area (Å²) in [5.41, 5.74) is 0. The molecule has 4 fully saturated rings. The van der Waals surface area contributed by atoms with Crippen LogP contribution in [0.2, 0.25) is 0 Å². The fraction of sp³-hybridized carbons (Fsp3) is 0.957. The van der Waals surface area contributed by atoms with Crippen LogP contribution in [-0.4, -0.2) is 205 Å². The molecule has 1 unspecified atom stereocenters. The third kappa shape index (κ3) is 17.0. The summed E-state index contributed by atoms with van der Waals surface area (Å²) in [7, 11) is 0. The number of unbranched alkanes of at least 4 members (excludes halogenated alkanes) is 10. The molecule has 398 valence electrons. The molecule has 21 atom stereocenters. The van der Waals surface area contributed by atoms with Gasteiger partial charge in [0.15, 0.2) is 37.4 Å². The number of aliphatic hydroxyl groups excluding tert-OH is 10. The molecule has 0 radical (unpaired) electrons. The second kappa shape index (κ2) is 29.8. The second-order valence-corrected chi connectivity index (χ2v) is 19.0. The van der Waals surface area contributed by atoms with Crippen LogP contribution >= 0.6 is 0 Å². The van der Waals surface area contributed by atoms with Crippen molar-refractivity contribution in [3.05, 3.63) is 0 Å². The van der Waals surface area contributed by atoms with Gasteiger partial charge in [0.1, 0.15) is 79.0 Å². The fourth-order valence-electron chi connectivity index (χ4n) is 8.99. The molecule has 0 spiro atoms. The Kier molecular flexibility index (Phi) is 25.9. The van der Waals surface area contributed by atoms with Gasteiger partial charge in [0.2, 0.25) is 0 Å². The number of aliphatic hydroxyl groups is 10. The van der Waals surface area contributed by atoms with Crippen LogP contribution in [0.4, 0.5) is 0 Å². The first-order valence-corrected chi connectivity index (χ1v) is 25.1. The van der Waals surface area contributed by atoms with Crippen LogP contribution < -0.4 is 0 Å². The van der Waals surface area contributed by atoms with Crippen molar-refractivity contribution in [1.82, 2.24) is 0 Å². The first-order valence-electron chi connectivity index (χ1n) is 25.1. The lowest BCUT2D eigenvalue weighted by Crippen LogP contribution is -2.67. The van der Waals surface area contributed by atoms with Gasteiger partial charge < -0.3 is 98.5 Å². The molecule has 4 saturated heterocycles. The minimum atomic E-state index is -1.89. The van der Waals surface area contributed by atoms with E-state index >= 15 is 0 Å². The van der Waals surface area contributed by atoms with Crippen molar-refractivity contribution in [3.8, 4) is 0 Å². The van der Waals surface area contributed by atoms with Crippen LogP contribution in [0.3, 0.4) is 0 Å². The van der Waals surface area contributed by atoms with E-state index in [1.165, 1.54) is 13.8 Å². The minimum absolute atomic E-state index is 0.118. The normalized spacial score (nSPS) is 39.4. The summed E-state index contributed by atoms with van der Waals surface area (Å²) in [5.74, 6) is -0.652. The lowest BCUT2D eigenvalue weighted by Gasteiger charge is -2.49. The van der Waals surface area contributed by atoms with Crippen molar-refractivity contribution in [1.29, 1.82) is 0 Å². The molecule has 0 amide bonds. The zero-order valence-corrected chi connectivity index (χ0v) is 40.5. The zero-order valence-electron chi connectivity index (χ0n) is 40.5. The number of carbonyl (C=O) groups excluding carboxylic acids is 2. The predicted octanol–water partition coefficient (Wildman–Crippen LogP) is 0.511. The average Bonchev–Trinajstić information content (AvgIpc) is 3.30. The second-order valence-electron chi connectivity index (χ2n) is 19.0. The summed E-state index contributed by atoms with van der Waals surface area (Å²) in [6, 6.07) is 0. The van der Waals surface area contributed by atoms with Gasteiger partial charge in [0, 0.05) is 12.8 Å². The van der Waals surface area contributed by atoms with Crippen molar-refractivity contribution in [3.63, 3.8) is 0 Å². The van der Waals surface area contributed by atoms with Gasteiger partial charge in [-0.05, 0) is 46.5 Å². The Morgan fingerprint density at radius 1 is 0.500 bits per heavy atom. The molecular weight excluding hydrogens is 900 g/mol. The highest BCUT2D eigenvalue weighted by Crippen LogP contribution is 2.36. The molecule has 0 aromatic carbocycles. The topological polar surface area (TPSA) is 320 Å². The zero-order chi connectivity index (χ0) is 50.1. The highest BCUT2D eigenvalue weighted by atomic mass is 16.8. The summed E-state index contributed by atoms with van der Waals surface area (Å²) < 4.78 is 54.7. The maximum absolute atomic E-state index is 13.2. The van der Waals surface area contributed by atoms with Crippen molar-refractivity contribution < 1.29 is 103 Å². The van der Waals surface area contributed by atoms with E-state index in [-0.39, 0.29) is 12.2 Å². The summed E-state index contributed by atoms with van der Waals surface area (Å²) in [6.45, 7) is 6.96. The summed E-state index contributed by atoms with van der Waals surface area (Å²) >= 11 is 0. The Morgan fingerprint density at radius 3 is 1.60 bits per heavy atom. The molecule has 4 aliphatic heterocycles. The summed E-state index contributed by atoms with van der Waals surface area (Å²) in [6.07, 6.45) is -19.1. The van der Waals surface area contributed by atoms with E-state index in [1.54, 1.807) is 13.8 Å². The van der Waals surface area contributed by atoms with Crippen LogP contribution in [0.1, 0.15) is 144 Å². The van der Waals surface area contributed by atoms with Gasteiger partial charge in [-0.2, -0.15) is 0 Å². The maximum atomic E-state index is 13.2. The van der Waals surface area contributed by atoms with E-state index < -0.39 is 148 Å². The molecule has 68 heavy (non-hydrogen) atoms. The molecule has 0 aliphatic carbocycles. The number of hydrogen-bond acceptors (Lipinski definition) is 21. The number of hydrogen-bond donors (Lipinski definition) is 10. The first kappa shape index (κ1) is 59.0. The Labute approximate surface area is 400 Å². The van der Waals surface area contributed by atoms with Crippen LogP contribution in [0.15, 0.2) is 0 Å². The largest absolute Gasteiger partial charge is 0.456 e. The molecule has 4 heterocycles. The van der Waals surface area contributed by atoms with Crippen molar-refractivity contribution in [2.75, 3.05) is 13.2 Å². The maximum Gasteiger partial charge on any atom is 0.306 e. The standard InChI is InChI=1S/C47H84O21/c1-6-8-9-10-11-14-17-21-28(22-18-15-12-13-16-20-25(3)49)63-46-42(38(57)34(53)29(23-48)64-46)67-47-43(68-45-40(59)37(56)33(52)27(5)62-45)41(66-31(50)19-7-2)35(54)30(65-47)24-60-44-39(58)36(55)32(51)26(4)61-44/h26-30,32-48,51-59H,6-24H2,1-5H3/t26-,27+,28?,29-,30-,32+,33+,34-,35-,36+,37-,38+,39+,40+,41+,42-,43-,44-,45+,46-,47+/m1/s1. The Bertz CT molecular complexity index is 1430. The highest BCUT2D eigenvalue weighted by Gasteiger charge is 2.56.